The van der Waals surface area contributed by atoms with Gasteiger partial charge in [-0.3, -0.25) is 4.79 Å². The molecule has 0 saturated carbocycles. The van der Waals surface area contributed by atoms with Crippen molar-refractivity contribution in [1.29, 1.82) is 0 Å². The van der Waals surface area contributed by atoms with E-state index in [1.54, 1.807) is 0 Å². The zero-order valence-corrected chi connectivity index (χ0v) is 11.3. The van der Waals surface area contributed by atoms with Gasteiger partial charge in [0.2, 0.25) is 5.91 Å². The van der Waals surface area contributed by atoms with Gasteiger partial charge >= 0.3 is 0 Å². The van der Waals surface area contributed by atoms with E-state index >= 15 is 0 Å². The fourth-order valence-corrected chi connectivity index (χ4v) is 1.76. The van der Waals surface area contributed by atoms with Gasteiger partial charge in [0.25, 0.3) is 0 Å². The Morgan fingerprint density at radius 3 is 2.44 bits per heavy atom. The summed E-state index contributed by atoms with van der Waals surface area (Å²) >= 11 is 0. The highest BCUT2D eigenvalue weighted by molar-refractivity contribution is 5.84. The summed E-state index contributed by atoms with van der Waals surface area (Å²) in [5, 5.41) is 3.25. The highest BCUT2D eigenvalue weighted by Crippen LogP contribution is 2.13. The number of nitrogens with zero attached hydrogens (tertiary/aromatic N) is 1. The van der Waals surface area contributed by atoms with Crippen LogP contribution < -0.4 is 11.1 Å². The fraction of sp³-hybridized carbons (Fsp3) is 0.917. The largest absolute Gasteiger partial charge is 0.368 e. The number of carbonyl (C=O) groups excluding carboxylic acids is 1. The molecule has 0 bridgehead atoms. The smallest absolute Gasteiger partial charge is 0.237 e. The first-order valence-corrected chi connectivity index (χ1v) is 6.08. The second-order valence-electron chi connectivity index (χ2n) is 4.99. The second kappa shape index (κ2) is 6.86. The molecule has 16 heavy (non-hydrogen) atoms. The first kappa shape index (κ1) is 15.4. The van der Waals surface area contributed by atoms with Crippen LogP contribution in [-0.4, -0.2) is 42.5 Å². The van der Waals surface area contributed by atoms with Crippen molar-refractivity contribution in [3.8, 4) is 0 Å². The van der Waals surface area contributed by atoms with Gasteiger partial charge in [0.05, 0.1) is 5.54 Å². The number of rotatable bonds is 8. The van der Waals surface area contributed by atoms with Gasteiger partial charge < -0.3 is 16.0 Å². The maximum atomic E-state index is 11.4. The fourth-order valence-electron chi connectivity index (χ4n) is 1.76. The van der Waals surface area contributed by atoms with Crippen LogP contribution in [0.1, 0.15) is 40.5 Å². The van der Waals surface area contributed by atoms with Crippen LogP contribution in [0, 0.1) is 0 Å². The third-order valence-electron chi connectivity index (χ3n) is 2.91. The van der Waals surface area contributed by atoms with Gasteiger partial charge in [-0.25, -0.2) is 0 Å². The van der Waals surface area contributed by atoms with Crippen LogP contribution in [0.15, 0.2) is 0 Å². The normalized spacial score (nSPS) is 15.4. The van der Waals surface area contributed by atoms with E-state index in [1.807, 2.05) is 20.8 Å². The quantitative estimate of drug-likeness (QED) is 0.652. The lowest BCUT2D eigenvalue weighted by Gasteiger charge is -2.30. The van der Waals surface area contributed by atoms with Crippen LogP contribution in [-0.2, 0) is 4.79 Å². The van der Waals surface area contributed by atoms with Crippen molar-refractivity contribution in [2.75, 3.05) is 20.1 Å². The van der Waals surface area contributed by atoms with Gasteiger partial charge in [0.15, 0.2) is 0 Å². The maximum absolute atomic E-state index is 11.4. The first-order valence-electron chi connectivity index (χ1n) is 6.08. The van der Waals surface area contributed by atoms with Crippen molar-refractivity contribution >= 4 is 5.91 Å². The molecule has 0 aliphatic carbocycles. The average Bonchev–Trinajstić information content (AvgIpc) is 2.16. The number of nitrogens with two attached hydrogens (primary N) is 1. The summed E-state index contributed by atoms with van der Waals surface area (Å²) in [7, 11) is 2.08. The van der Waals surface area contributed by atoms with Crippen LogP contribution in [0.25, 0.3) is 0 Å². The molecule has 0 aromatic heterocycles. The molecule has 0 spiro atoms. The van der Waals surface area contributed by atoms with Gasteiger partial charge in [-0.15, -0.1) is 0 Å². The van der Waals surface area contributed by atoms with Crippen molar-refractivity contribution in [3.05, 3.63) is 0 Å². The van der Waals surface area contributed by atoms with E-state index in [-0.39, 0.29) is 11.9 Å². The molecule has 0 heterocycles. The number of primary amides is 1. The molecule has 0 aromatic carbocycles. The predicted octanol–water partition coefficient (Wildman–Crippen LogP) is 0.960. The molecule has 1 unspecified atom stereocenters. The van der Waals surface area contributed by atoms with Gasteiger partial charge in [0.1, 0.15) is 0 Å². The number of carbonyl (C=O) groups is 1. The predicted molar refractivity (Wildman–Crippen MR) is 68.3 cm³/mol. The monoisotopic (exact) mass is 229 g/mol. The Morgan fingerprint density at radius 2 is 2.06 bits per heavy atom. The zero-order chi connectivity index (χ0) is 12.8. The Balaban J connectivity index is 4.18. The van der Waals surface area contributed by atoms with Gasteiger partial charge in [-0.1, -0.05) is 6.92 Å². The second-order valence-corrected chi connectivity index (χ2v) is 4.99. The molecule has 0 rings (SSSR count). The summed E-state index contributed by atoms with van der Waals surface area (Å²) in [6.07, 6.45) is 1.76. The molecule has 0 aromatic rings. The summed E-state index contributed by atoms with van der Waals surface area (Å²) in [6.45, 7) is 10.1. The minimum Gasteiger partial charge on any atom is -0.368 e. The molecule has 1 amide bonds. The van der Waals surface area contributed by atoms with Gasteiger partial charge in [-0.2, -0.15) is 0 Å². The molecule has 1 atom stereocenters. The summed E-state index contributed by atoms with van der Waals surface area (Å²) in [4.78, 5) is 13.7. The molecule has 0 saturated heterocycles. The molecule has 0 aliphatic rings. The van der Waals surface area contributed by atoms with E-state index in [0.717, 1.165) is 25.9 Å². The molecule has 0 aliphatic heterocycles. The topological polar surface area (TPSA) is 58.4 Å². The Morgan fingerprint density at radius 1 is 1.50 bits per heavy atom. The van der Waals surface area contributed by atoms with Crippen molar-refractivity contribution < 1.29 is 4.79 Å². The Hall–Kier alpha value is -0.610. The number of amides is 1. The van der Waals surface area contributed by atoms with Crippen LogP contribution in [0.5, 0.6) is 0 Å². The van der Waals surface area contributed by atoms with Crippen LogP contribution in [0.3, 0.4) is 0 Å². The lowest BCUT2D eigenvalue weighted by molar-refractivity contribution is -0.124. The van der Waals surface area contributed by atoms with Crippen molar-refractivity contribution in [1.82, 2.24) is 10.2 Å². The summed E-state index contributed by atoms with van der Waals surface area (Å²) < 4.78 is 0. The highest BCUT2D eigenvalue weighted by Gasteiger charge is 2.30. The van der Waals surface area contributed by atoms with Crippen LogP contribution in [0.2, 0.25) is 0 Å². The van der Waals surface area contributed by atoms with E-state index in [9.17, 15) is 4.79 Å². The van der Waals surface area contributed by atoms with Crippen molar-refractivity contribution in [2.45, 2.75) is 52.1 Å². The maximum Gasteiger partial charge on any atom is 0.237 e. The van der Waals surface area contributed by atoms with Crippen LogP contribution >= 0.6 is 0 Å². The average molecular weight is 229 g/mol. The molecular formula is C12H27N3O. The highest BCUT2D eigenvalue weighted by atomic mass is 16.1. The van der Waals surface area contributed by atoms with Gasteiger partial charge in [-0.05, 0) is 53.8 Å². The van der Waals surface area contributed by atoms with E-state index < -0.39 is 5.54 Å². The van der Waals surface area contributed by atoms with Gasteiger partial charge in [0, 0.05) is 6.04 Å². The molecule has 3 N–H and O–H groups in total. The Kier molecular flexibility index (Phi) is 6.60. The third kappa shape index (κ3) is 5.47. The molecule has 4 heteroatoms. The van der Waals surface area contributed by atoms with Crippen molar-refractivity contribution in [3.63, 3.8) is 0 Å². The number of hydrogen-bond acceptors (Lipinski definition) is 3. The van der Waals surface area contributed by atoms with E-state index in [2.05, 4.69) is 24.2 Å². The molecule has 96 valence electrons. The van der Waals surface area contributed by atoms with Crippen LogP contribution in [0.4, 0.5) is 0 Å². The van der Waals surface area contributed by atoms with E-state index in [4.69, 9.17) is 5.73 Å². The Labute approximate surface area is 99.6 Å². The third-order valence-corrected chi connectivity index (χ3v) is 2.91. The zero-order valence-electron chi connectivity index (χ0n) is 11.3. The SMILES string of the molecule is CCN(C)CCCC(C)(NC(C)C)C(N)=O. The minimum atomic E-state index is -0.581. The van der Waals surface area contributed by atoms with E-state index in [1.165, 1.54) is 0 Å². The van der Waals surface area contributed by atoms with Crippen molar-refractivity contribution in [2.24, 2.45) is 5.73 Å². The Bertz CT molecular complexity index is 218. The van der Waals surface area contributed by atoms with E-state index in [0.29, 0.717) is 0 Å². The molecule has 0 radical (unpaired) electrons. The number of nitrogens with one attached hydrogen (secondary N) is 1. The molecular weight excluding hydrogens is 202 g/mol. The molecule has 0 fully saturated rings. The standard InChI is InChI=1S/C12H27N3O/c1-6-15(5)9-7-8-12(4,11(13)16)14-10(2)3/h10,14H,6-9H2,1-5H3,(H2,13,16). The first-order chi connectivity index (χ1) is 7.31. The lowest BCUT2D eigenvalue weighted by Crippen LogP contribution is -2.55. The molecule has 4 nitrogen and oxygen atoms in total. The number of hydrogen-bond donors (Lipinski definition) is 2. The summed E-state index contributed by atoms with van der Waals surface area (Å²) in [5.41, 5.74) is 4.87. The lowest BCUT2D eigenvalue weighted by atomic mass is 9.94. The summed E-state index contributed by atoms with van der Waals surface area (Å²) in [6, 6.07) is 0.265. The minimum absolute atomic E-state index is 0.264. The summed E-state index contributed by atoms with van der Waals surface area (Å²) in [5.74, 6) is -0.264.